The molecule has 110 valence electrons. The third kappa shape index (κ3) is 2.51. The predicted molar refractivity (Wildman–Crippen MR) is 83.2 cm³/mol. The quantitative estimate of drug-likeness (QED) is 0.896. The minimum Gasteiger partial charge on any atom is -0.345 e. The van der Waals surface area contributed by atoms with Crippen molar-refractivity contribution in [2.75, 3.05) is 6.54 Å². The molecule has 2 unspecified atom stereocenters. The molecule has 0 aliphatic heterocycles. The van der Waals surface area contributed by atoms with Crippen LogP contribution < -0.4 is 11.1 Å². The molecule has 3 N–H and O–H groups in total. The molecule has 1 aromatic heterocycles. The summed E-state index contributed by atoms with van der Waals surface area (Å²) in [6.07, 6.45) is 5.75. The van der Waals surface area contributed by atoms with Gasteiger partial charge in [0.1, 0.15) is 0 Å². The molecular formula is C16H24N2OS. The summed E-state index contributed by atoms with van der Waals surface area (Å²) in [4.78, 5) is 14.0. The van der Waals surface area contributed by atoms with Gasteiger partial charge in [0.05, 0.1) is 11.1 Å². The first kappa shape index (κ1) is 14.1. The number of amides is 1. The number of thiophene rings is 1. The summed E-state index contributed by atoms with van der Waals surface area (Å²) in [6, 6.07) is 0. The van der Waals surface area contributed by atoms with Crippen molar-refractivity contribution < 1.29 is 4.79 Å². The van der Waals surface area contributed by atoms with Crippen molar-refractivity contribution in [1.29, 1.82) is 0 Å². The minimum absolute atomic E-state index is 0.0805. The van der Waals surface area contributed by atoms with Crippen LogP contribution in [-0.4, -0.2) is 18.0 Å². The van der Waals surface area contributed by atoms with Crippen LogP contribution in [0.2, 0.25) is 0 Å². The molecule has 1 fully saturated rings. The van der Waals surface area contributed by atoms with Crippen LogP contribution >= 0.6 is 11.3 Å². The molecule has 0 spiro atoms. The Morgan fingerprint density at radius 2 is 2.25 bits per heavy atom. The molecule has 4 heteroatoms. The Morgan fingerprint density at radius 3 is 2.90 bits per heavy atom. The molecule has 2 aliphatic rings. The van der Waals surface area contributed by atoms with Gasteiger partial charge in [-0.25, -0.2) is 0 Å². The van der Waals surface area contributed by atoms with Crippen LogP contribution in [0, 0.1) is 11.8 Å². The monoisotopic (exact) mass is 292 g/mol. The molecule has 1 aromatic rings. The first-order valence-electron chi connectivity index (χ1n) is 7.65. The Hall–Kier alpha value is -0.870. The molecule has 3 nitrogen and oxygen atoms in total. The highest BCUT2D eigenvalue weighted by atomic mass is 32.1. The number of carbonyl (C=O) groups excluding carboxylic acids is 1. The van der Waals surface area contributed by atoms with Crippen LogP contribution in [0.15, 0.2) is 5.38 Å². The van der Waals surface area contributed by atoms with Crippen LogP contribution in [0.3, 0.4) is 0 Å². The molecule has 3 rings (SSSR count). The molecule has 0 saturated heterocycles. The second kappa shape index (κ2) is 5.15. The molecule has 20 heavy (non-hydrogen) atoms. The fourth-order valence-corrected chi connectivity index (χ4v) is 4.48. The van der Waals surface area contributed by atoms with Gasteiger partial charge in [0.25, 0.3) is 5.91 Å². The first-order chi connectivity index (χ1) is 9.53. The number of nitrogens with one attached hydrogen (secondary N) is 1. The number of rotatable bonds is 4. The normalized spacial score (nSPS) is 24.9. The second-order valence-corrected chi connectivity index (χ2v) is 7.71. The van der Waals surface area contributed by atoms with Crippen molar-refractivity contribution in [1.82, 2.24) is 5.32 Å². The largest absolute Gasteiger partial charge is 0.345 e. The van der Waals surface area contributed by atoms with Gasteiger partial charge in [0.2, 0.25) is 0 Å². The Bertz CT molecular complexity index is 521. The molecule has 0 aromatic carbocycles. The van der Waals surface area contributed by atoms with Gasteiger partial charge in [0, 0.05) is 16.8 Å². The van der Waals surface area contributed by atoms with E-state index in [1.165, 1.54) is 29.7 Å². The summed E-state index contributed by atoms with van der Waals surface area (Å²) >= 11 is 1.75. The summed E-state index contributed by atoms with van der Waals surface area (Å²) in [7, 11) is 0. The van der Waals surface area contributed by atoms with E-state index in [0.29, 0.717) is 12.5 Å². The fourth-order valence-electron chi connectivity index (χ4n) is 3.23. The zero-order valence-electron chi connectivity index (χ0n) is 12.4. The average molecular weight is 292 g/mol. The number of hydrogen-bond acceptors (Lipinski definition) is 3. The Kier molecular flexibility index (Phi) is 3.63. The van der Waals surface area contributed by atoms with E-state index in [4.69, 9.17) is 5.73 Å². The van der Waals surface area contributed by atoms with Crippen LogP contribution in [0.4, 0.5) is 0 Å². The number of hydrogen-bond donors (Lipinski definition) is 2. The number of fused-ring (bicyclic) bond motifs is 1. The maximum absolute atomic E-state index is 12.6. The van der Waals surface area contributed by atoms with E-state index < -0.39 is 0 Å². The van der Waals surface area contributed by atoms with E-state index in [9.17, 15) is 4.79 Å². The van der Waals surface area contributed by atoms with Gasteiger partial charge in [-0.2, -0.15) is 0 Å². The van der Waals surface area contributed by atoms with Gasteiger partial charge in [-0.15, -0.1) is 11.3 Å². The van der Waals surface area contributed by atoms with Crippen LogP contribution in [-0.2, 0) is 12.8 Å². The molecule has 1 amide bonds. The maximum Gasteiger partial charge on any atom is 0.252 e. The molecule has 1 heterocycles. The molecule has 0 bridgehead atoms. The third-order valence-corrected chi connectivity index (χ3v) is 6.00. The highest BCUT2D eigenvalue weighted by molar-refractivity contribution is 7.10. The summed E-state index contributed by atoms with van der Waals surface area (Å²) < 4.78 is 0. The molecule has 2 atom stereocenters. The first-order valence-corrected chi connectivity index (χ1v) is 8.53. The topological polar surface area (TPSA) is 55.1 Å². The van der Waals surface area contributed by atoms with E-state index >= 15 is 0 Å². The lowest BCUT2D eigenvalue weighted by Gasteiger charge is -2.30. The molecule has 0 radical (unpaired) electrons. The van der Waals surface area contributed by atoms with Gasteiger partial charge in [-0.3, -0.25) is 4.79 Å². The van der Waals surface area contributed by atoms with Gasteiger partial charge < -0.3 is 11.1 Å². The molecular weight excluding hydrogens is 268 g/mol. The second-order valence-electron chi connectivity index (χ2n) is 6.75. The minimum atomic E-state index is -0.228. The van der Waals surface area contributed by atoms with Crippen molar-refractivity contribution in [2.24, 2.45) is 17.6 Å². The van der Waals surface area contributed by atoms with Crippen LogP contribution in [0.5, 0.6) is 0 Å². The van der Waals surface area contributed by atoms with Crippen LogP contribution in [0.25, 0.3) is 0 Å². The van der Waals surface area contributed by atoms with Crippen molar-refractivity contribution in [2.45, 2.75) is 51.5 Å². The summed E-state index contributed by atoms with van der Waals surface area (Å²) in [5.41, 5.74) is 7.86. The molecule has 2 aliphatic carbocycles. The van der Waals surface area contributed by atoms with E-state index in [1.807, 2.05) is 5.38 Å². The van der Waals surface area contributed by atoms with E-state index in [1.54, 1.807) is 11.3 Å². The SMILES string of the molecule is CC1CCc2c(C(=O)NC(C)(CN)C3CC3)csc2C1. The van der Waals surface area contributed by atoms with Gasteiger partial charge >= 0.3 is 0 Å². The predicted octanol–water partition coefficient (Wildman–Crippen LogP) is 2.73. The Morgan fingerprint density at radius 1 is 1.50 bits per heavy atom. The van der Waals surface area contributed by atoms with Crippen molar-refractivity contribution >= 4 is 17.2 Å². The smallest absolute Gasteiger partial charge is 0.252 e. The van der Waals surface area contributed by atoms with Crippen molar-refractivity contribution in [3.8, 4) is 0 Å². The highest BCUT2D eigenvalue weighted by Crippen LogP contribution is 2.39. The average Bonchev–Trinajstić information content (AvgIpc) is 3.19. The van der Waals surface area contributed by atoms with Crippen molar-refractivity contribution in [3.05, 3.63) is 21.4 Å². The zero-order chi connectivity index (χ0) is 14.3. The van der Waals surface area contributed by atoms with E-state index in [2.05, 4.69) is 19.2 Å². The number of carbonyl (C=O) groups is 1. The van der Waals surface area contributed by atoms with E-state index in [-0.39, 0.29) is 11.4 Å². The third-order valence-electron chi connectivity index (χ3n) is 4.95. The van der Waals surface area contributed by atoms with Gasteiger partial charge in [-0.05, 0) is 56.4 Å². The lowest BCUT2D eigenvalue weighted by atomic mass is 9.88. The Balaban J connectivity index is 1.78. The summed E-state index contributed by atoms with van der Waals surface area (Å²) in [5.74, 6) is 1.39. The summed E-state index contributed by atoms with van der Waals surface area (Å²) in [5, 5.41) is 5.26. The summed E-state index contributed by atoms with van der Waals surface area (Å²) in [6.45, 7) is 4.90. The zero-order valence-corrected chi connectivity index (χ0v) is 13.2. The van der Waals surface area contributed by atoms with E-state index in [0.717, 1.165) is 24.3 Å². The maximum atomic E-state index is 12.6. The van der Waals surface area contributed by atoms with Gasteiger partial charge in [0.15, 0.2) is 0 Å². The fraction of sp³-hybridized carbons (Fsp3) is 0.688. The lowest BCUT2D eigenvalue weighted by molar-refractivity contribution is 0.0897. The Labute approximate surface area is 124 Å². The standard InChI is InChI=1S/C16H24N2OS/c1-10-3-6-12-13(8-20-14(12)7-10)15(19)18-16(2,9-17)11-4-5-11/h8,10-11H,3-7,9,17H2,1-2H3,(H,18,19). The lowest BCUT2D eigenvalue weighted by Crippen LogP contribution is -2.53. The van der Waals surface area contributed by atoms with Crippen molar-refractivity contribution in [3.63, 3.8) is 0 Å². The van der Waals surface area contributed by atoms with Gasteiger partial charge in [-0.1, -0.05) is 6.92 Å². The highest BCUT2D eigenvalue weighted by Gasteiger charge is 2.42. The molecule has 1 saturated carbocycles. The van der Waals surface area contributed by atoms with Crippen LogP contribution in [0.1, 0.15) is 53.9 Å². The number of nitrogens with two attached hydrogens (primary N) is 1.